The van der Waals surface area contributed by atoms with Crippen molar-refractivity contribution in [3.05, 3.63) is 28.8 Å². The van der Waals surface area contributed by atoms with E-state index in [0.29, 0.717) is 17.7 Å². The third-order valence-electron chi connectivity index (χ3n) is 3.81. The van der Waals surface area contributed by atoms with Crippen LogP contribution in [0.25, 0.3) is 0 Å². The Balaban J connectivity index is 2.02. The summed E-state index contributed by atoms with van der Waals surface area (Å²) in [5.41, 5.74) is 2.29. The summed E-state index contributed by atoms with van der Waals surface area (Å²) in [6.45, 7) is 1.92. The minimum atomic E-state index is -2.82. The zero-order valence-electron chi connectivity index (χ0n) is 12.9. The van der Waals surface area contributed by atoms with Crippen molar-refractivity contribution < 1.29 is 18.3 Å². The number of ether oxygens (including phenoxy) is 1. The number of carbonyl (C=O) groups is 1. The number of aryl methyl sites for hydroxylation is 2. The molecule has 1 fully saturated rings. The van der Waals surface area contributed by atoms with Gasteiger partial charge in [-0.15, -0.1) is 0 Å². The van der Waals surface area contributed by atoms with Gasteiger partial charge in [-0.05, 0) is 49.8 Å². The van der Waals surface area contributed by atoms with Gasteiger partial charge in [-0.3, -0.25) is 4.79 Å². The Morgan fingerprint density at radius 2 is 2.00 bits per heavy atom. The molecule has 0 radical (unpaired) electrons. The lowest BCUT2D eigenvalue weighted by Gasteiger charge is -2.17. The molecule has 2 rings (SSSR count). The molecule has 1 aliphatic heterocycles. The Hall–Kier alpha value is -1.69. The van der Waals surface area contributed by atoms with E-state index in [1.165, 1.54) is 0 Å². The lowest BCUT2D eigenvalue weighted by atomic mass is 10.0. The van der Waals surface area contributed by atoms with Gasteiger partial charge in [0.1, 0.15) is 5.75 Å². The van der Waals surface area contributed by atoms with E-state index >= 15 is 0 Å². The Labute approximate surface area is 129 Å². The second kappa shape index (κ2) is 7.54. The zero-order chi connectivity index (χ0) is 16.1. The molecule has 0 saturated carbocycles. The molecule has 0 unspecified atom stereocenters. The van der Waals surface area contributed by atoms with Crippen LogP contribution in [0.2, 0.25) is 0 Å². The summed E-state index contributed by atoms with van der Waals surface area (Å²) in [6, 6.07) is 3.43. The Morgan fingerprint density at radius 3 is 2.64 bits per heavy atom. The van der Waals surface area contributed by atoms with Gasteiger partial charge in [-0.2, -0.15) is 8.78 Å². The van der Waals surface area contributed by atoms with Gasteiger partial charge >= 0.3 is 6.61 Å². The van der Waals surface area contributed by atoms with Crippen LogP contribution in [0.1, 0.15) is 36.0 Å². The van der Waals surface area contributed by atoms with E-state index in [-0.39, 0.29) is 17.7 Å². The van der Waals surface area contributed by atoms with Crippen molar-refractivity contribution in [2.45, 2.75) is 52.3 Å². The predicted octanol–water partition coefficient (Wildman–Crippen LogP) is 2.66. The van der Waals surface area contributed by atoms with E-state index in [1.54, 1.807) is 13.8 Å². The Kier molecular flexibility index (Phi) is 5.71. The van der Waals surface area contributed by atoms with Crippen LogP contribution in [0.15, 0.2) is 12.1 Å². The van der Waals surface area contributed by atoms with Crippen LogP contribution < -0.4 is 15.4 Å². The minimum Gasteiger partial charge on any atom is -0.434 e. The summed E-state index contributed by atoms with van der Waals surface area (Å²) in [5, 5.41) is 6.12. The van der Waals surface area contributed by atoms with Crippen LogP contribution in [-0.4, -0.2) is 25.1 Å². The van der Waals surface area contributed by atoms with E-state index in [2.05, 4.69) is 15.4 Å². The molecule has 2 N–H and O–H groups in total. The summed E-state index contributed by atoms with van der Waals surface area (Å²) >= 11 is 0. The van der Waals surface area contributed by atoms with Gasteiger partial charge in [0.25, 0.3) is 0 Å². The van der Waals surface area contributed by atoms with Crippen molar-refractivity contribution in [1.82, 2.24) is 10.6 Å². The Morgan fingerprint density at radius 1 is 1.32 bits per heavy atom. The van der Waals surface area contributed by atoms with Crippen molar-refractivity contribution in [1.29, 1.82) is 0 Å². The predicted molar refractivity (Wildman–Crippen MR) is 80.0 cm³/mol. The lowest BCUT2D eigenvalue weighted by Crippen LogP contribution is -2.42. The van der Waals surface area contributed by atoms with E-state index in [1.807, 2.05) is 12.1 Å². The first kappa shape index (κ1) is 16.7. The monoisotopic (exact) mass is 312 g/mol. The van der Waals surface area contributed by atoms with Crippen LogP contribution in [0.5, 0.6) is 5.75 Å². The molecule has 4 nitrogen and oxygen atoms in total. The van der Waals surface area contributed by atoms with E-state index < -0.39 is 6.61 Å². The standard InChI is InChI=1S/C16H22F2N2O2/c1-10-7-12(8-11(2)14(10)22-16(17)18)9-20-13-5-3-4-6-19-15(13)21/h7-8,13,16,20H,3-6,9H2,1-2H3,(H,19,21)/t13-/m0/s1. The molecular weight excluding hydrogens is 290 g/mol. The highest BCUT2D eigenvalue weighted by atomic mass is 19.3. The molecule has 1 atom stereocenters. The third-order valence-corrected chi connectivity index (χ3v) is 3.81. The van der Waals surface area contributed by atoms with Crippen LogP contribution >= 0.6 is 0 Å². The van der Waals surface area contributed by atoms with Gasteiger partial charge in [0.2, 0.25) is 5.91 Å². The van der Waals surface area contributed by atoms with Gasteiger partial charge < -0.3 is 15.4 Å². The van der Waals surface area contributed by atoms with Crippen molar-refractivity contribution in [3.8, 4) is 5.75 Å². The van der Waals surface area contributed by atoms with Crippen LogP contribution in [0.3, 0.4) is 0 Å². The number of hydrogen-bond acceptors (Lipinski definition) is 3. The van der Waals surface area contributed by atoms with E-state index in [4.69, 9.17) is 0 Å². The number of rotatable bonds is 5. The van der Waals surface area contributed by atoms with Crippen molar-refractivity contribution in [2.24, 2.45) is 0 Å². The first-order valence-corrected chi connectivity index (χ1v) is 7.53. The molecule has 1 aliphatic rings. The topological polar surface area (TPSA) is 50.4 Å². The number of nitrogens with one attached hydrogen (secondary N) is 2. The summed E-state index contributed by atoms with van der Waals surface area (Å²) in [6.07, 6.45) is 2.83. The summed E-state index contributed by atoms with van der Waals surface area (Å²) in [4.78, 5) is 11.9. The zero-order valence-corrected chi connectivity index (χ0v) is 12.9. The van der Waals surface area contributed by atoms with Gasteiger partial charge in [0.15, 0.2) is 0 Å². The lowest BCUT2D eigenvalue weighted by molar-refractivity contribution is -0.122. The molecule has 6 heteroatoms. The first-order chi connectivity index (χ1) is 10.5. The first-order valence-electron chi connectivity index (χ1n) is 7.53. The largest absolute Gasteiger partial charge is 0.434 e. The fraction of sp³-hybridized carbons (Fsp3) is 0.562. The van der Waals surface area contributed by atoms with Gasteiger partial charge in [0.05, 0.1) is 6.04 Å². The van der Waals surface area contributed by atoms with Crippen molar-refractivity contribution in [2.75, 3.05) is 6.54 Å². The summed E-state index contributed by atoms with van der Waals surface area (Å²) < 4.78 is 29.3. The van der Waals surface area contributed by atoms with Gasteiger partial charge in [-0.25, -0.2) is 0 Å². The van der Waals surface area contributed by atoms with Crippen molar-refractivity contribution >= 4 is 5.91 Å². The number of halogens is 2. The molecule has 0 aromatic heterocycles. The second-order valence-electron chi connectivity index (χ2n) is 5.66. The highest BCUT2D eigenvalue weighted by Gasteiger charge is 2.20. The number of carbonyl (C=O) groups excluding carboxylic acids is 1. The van der Waals surface area contributed by atoms with Crippen LogP contribution in [0.4, 0.5) is 8.78 Å². The molecule has 1 aromatic carbocycles. The summed E-state index contributed by atoms with van der Waals surface area (Å²) in [7, 11) is 0. The quantitative estimate of drug-likeness (QED) is 0.879. The average Bonchev–Trinajstić information content (AvgIpc) is 2.65. The molecule has 1 aromatic rings. The normalized spacial score (nSPS) is 19.0. The molecule has 122 valence electrons. The molecule has 0 spiro atoms. The average molecular weight is 312 g/mol. The van der Waals surface area contributed by atoms with E-state index in [0.717, 1.165) is 31.4 Å². The van der Waals surface area contributed by atoms with Gasteiger partial charge in [-0.1, -0.05) is 12.1 Å². The summed E-state index contributed by atoms with van der Waals surface area (Å²) in [5.74, 6) is 0.259. The minimum absolute atomic E-state index is 0.0311. The number of benzene rings is 1. The number of alkyl halides is 2. The fourth-order valence-corrected chi connectivity index (χ4v) is 2.79. The van der Waals surface area contributed by atoms with Gasteiger partial charge in [0, 0.05) is 13.1 Å². The fourth-order valence-electron chi connectivity index (χ4n) is 2.79. The Bertz CT molecular complexity index is 512. The molecule has 0 aliphatic carbocycles. The maximum absolute atomic E-state index is 12.4. The number of amides is 1. The van der Waals surface area contributed by atoms with Crippen LogP contribution in [0, 0.1) is 13.8 Å². The SMILES string of the molecule is Cc1cc(CN[C@H]2CCCCNC2=O)cc(C)c1OC(F)F. The maximum atomic E-state index is 12.4. The molecule has 1 amide bonds. The maximum Gasteiger partial charge on any atom is 0.387 e. The molecule has 1 saturated heterocycles. The highest BCUT2D eigenvalue weighted by Crippen LogP contribution is 2.26. The van der Waals surface area contributed by atoms with Crippen molar-refractivity contribution in [3.63, 3.8) is 0 Å². The third kappa shape index (κ3) is 4.40. The highest BCUT2D eigenvalue weighted by molar-refractivity contribution is 5.81. The van der Waals surface area contributed by atoms with Crippen LogP contribution in [-0.2, 0) is 11.3 Å². The molecule has 1 heterocycles. The van der Waals surface area contributed by atoms with E-state index in [9.17, 15) is 13.6 Å². The number of hydrogen-bond donors (Lipinski definition) is 2. The second-order valence-corrected chi connectivity index (χ2v) is 5.66. The molecule has 22 heavy (non-hydrogen) atoms. The molecule has 0 bridgehead atoms. The molecular formula is C16H22F2N2O2. The smallest absolute Gasteiger partial charge is 0.387 e.